The molecule has 0 fully saturated rings. The van der Waals surface area contributed by atoms with E-state index in [0.717, 1.165) is 25.0 Å². The van der Waals surface area contributed by atoms with Gasteiger partial charge in [-0.15, -0.1) is 11.8 Å². The Morgan fingerprint density at radius 1 is 1.20 bits per heavy atom. The van der Waals surface area contributed by atoms with Gasteiger partial charge >= 0.3 is 0 Å². The van der Waals surface area contributed by atoms with Crippen LogP contribution in [0.2, 0.25) is 10.2 Å². The summed E-state index contributed by atoms with van der Waals surface area (Å²) in [5, 5.41) is 1.28. The zero-order valence-corrected chi connectivity index (χ0v) is 15.5. The number of hydrogen-bond acceptors (Lipinski definition) is 3. The van der Waals surface area contributed by atoms with Gasteiger partial charge in [0.05, 0.1) is 20.0 Å². The van der Waals surface area contributed by atoms with E-state index in [4.69, 9.17) is 23.2 Å². The highest BCUT2D eigenvalue weighted by atomic mass is 127. The van der Waals surface area contributed by atoms with Crippen LogP contribution in [0.5, 0.6) is 0 Å². The highest BCUT2D eigenvalue weighted by Gasteiger charge is 2.14. The molecule has 20 heavy (non-hydrogen) atoms. The molecular formula is C14H13Cl2IN2S. The second kappa shape index (κ2) is 7.29. The van der Waals surface area contributed by atoms with Crippen LogP contribution in [0, 0.1) is 3.57 Å². The fourth-order valence-electron chi connectivity index (χ4n) is 1.63. The molecule has 0 radical (unpaired) electrons. The van der Waals surface area contributed by atoms with Gasteiger partial charge in [-0.2, -0.15) is 0 Å². The zero-order valence-electron chi connectivity index (χ0n) is 11.0. The third kappa shape index (κ3) is 4.00. The maximum Gasteiger partial charge on any atom is 0.146 e. The Labute approximate surface area is 146 Å². The van der Waals surface area contributed by atoms with Crippen molar-refractivity contribution in [2.45, 2.75) is 30.4 Å². The molecule has 0 bridgehead atoms. The first-order chi connectivity index (χ1) is 9.49. The first-order valence-corrected chi connectivity index (χ1v) is 8.90. The Balaban J connectivity index is 2.20. The average Bonchev–Trinajstić information content (AvgIpc) is 2.41. The van der Waals surface area contributed by atoms with Gasteiger partial charge in [-0.1, -0.05) is 49.2 Å². The SMILES string of the molecule is CC(C)c1nc(CSc2ccccc2Cl)nc(Cl)c1I. The molecule has 1 aromatic heterocycles. The van der Waals surface area contributed by atoms with Crippen molar-refractivity contribution >= 4 is 57.6 Å². The van der Waals surface area contributed by atoms with Crippen molar-refractivity contribution in [1.82, 2.24) is 9.97 Å². The molecule has 0 unspecified atom stereocenters. The van der Waals surface area contributed by atoms with Crippen LogP contribution in [0.1, 0.15) is 31.3 Å². The van der Waals surface area contributed by atoms with Gasteiger partial charge in [-0.25, -0.2) is 9.97 Å². The summed E-state index contributed by atoms with van der Waals surface area (Å²) in [6.07, 6.45) is 0. The second-order valence-electron chi connectivity index (χ2n) is 4.50. The predicted octanol–water partition coefficient (Wildman–Crippen LogP) is 5.80. The molecule has 2 rings (SSSR count). The van der Waals surface area contributed by atoms with Crippen LogP contribution in [-0.2, 0) is 5.75 Å². The minimum Gasteiger partial charge on any atom is -0.236 e. The summed E-state index contributed by atoms with van der Waals surface area (Å²) in [7, 11) is 0. The van der Waals surface area contributed by atoms with Crippen molar-refractivity contribution in [2.75, 3.05) is 0 Å². The van der Waals surface area contributed by atoms with Gasteiger partial charge in [-0.3, -0.25) is 0 Å². The lowest BCUT2D eigenvalue weighted by Gasteiger charge is -2.11. The minimum atomic E-state index is 0.325. The van der Waals surface area contributed by atoms with Gasteiger partial charge in [0.15, 0.2) is 0 Å². The summed E-state index contributed by atoms with van der Waals surface area (Å²) < 4.78 is 0.936. The van der Waals surface area contributed by atoms with E-state index in [1.165, 1.54) is 0 Å². The molecule has 0 spiro atoms. The number of hydrogen-bond donors (Lipinski definition) is 0. The van der Waals surface area contributed by atoms with E-state index in [2.05, 4.69) is 46.4 Å². The van der Waals surface area contributed by atoms with Crippen molar-refractivity contribution in [3.8, 4) is 0 Å². The van der Waals surface area contributed by atoms with Gasteiger partial charge in [0.2, 0.25) is 0 Å². The lowest BCUT2D eigenvalue weighted by molar-refractivity contribution is 0.790. The van der Waals surface area contributed by atoms with Crippen molar-refractivity contribution < 1.29 is 0 Å². The first kappa shape index (κ1) is 16.3. The van der Waals surface area contributed by atoms with Gasteiger partial charge in [0.1, 0.15) is 11.0 Å². The van der Waals surface area contributed by atoms with Crippen LogP contribution < -0.4 is 0 Å². The maximum atomic E-state index is 6.18. The van der Waals surface area contributed by atoms with Gasteiger partial charge in [-0.05, 0) is 40.6 Å². The molecule has 1 heterocycles. The number of thioether (sulfide) groups is 1. The molecule has 0 aliphatic carbocycles. The van der Waals surface area contributed by atoms with E-state index in [1.807, 2.05) is 24.3 Å². The Bertz CT molecular complexity index is 620. The average molecular weight is 439 g/mol. The zero-order chi connectivity index (χ0) is 14.7. The fourth-order valence-corrected chi connectivity index (χ4v) is 3.78. The molecule has 6 heteroatoms. The molecule has 2 nitrogen and oxygen atoms in total. The van der Waals surface area contributed by atoms with Crippen LogP contribution in [0.4, 0.5) is 0 Å². The van der Waals surface area contributed by atoms with Crippen molar-refractivity contribution in [3.63, 3.8) is 0 Å². The maximum absolute atomic E-state index is 6.18. The standard InChI is InChI=1S/C14H13Cl2IN2S/c1-8(2)13-12(17)14(16)19-11(18-13)7-20-10-6-4-3-5-9(10)15/h3-6,8H,7H2,1-2H3. The lowest BCUT2D eigenvalue weighted by Crippen LogP contribution is -2.04. The second-order valence-corrected chi connectivity index (χ2v) is 7.36. The van der Waals surface area contributed by atoms with Crippen molar-refractivity contribution in [2.24, 2.45) is 0 Å². The normalized spacial score (nSPS) is 11.1. The summed E-state index contributed by atoms with van der Waals surface area (Å²) in [4.78, 5) is 9.98. The van der Waals surface area contributed by atoms with Gasteiger partial charge in [0, 0.05) is 4.90 Å². The highest BCUT2D eigenvalue weighted by Crippen LogP contribution is 2.30. The monoisotopic (exact) mass is 438 g/mol. The Kier molecular flexibility index (Phi) is 5.95. The van der Waals surface area contributed by atoms with Gasteiger partial charge in [0.25, 0.3) is 0 Å². The van der Waals surface area contributed by atoms with Crippen LogP contribution >= 0.6 is 57.6 Å². The molecular weight excluding hydrogens is 426 g/mol. The summed E-state index contributed by atoms with van der Waals surface area (Å²) in [6.45, 7) is 4.21. The first-order valence-electron chi connectivity index (χ1n) is 6.08. The smallest absolute Gasteiger partial charge is 0.146 e. The molecule has 0 N–H and O–H groups in total. The number of halogens is 3. The molecule has 1 aromatic carbocycles. The third-order valence-electron chi connectivity index (χ3n) is 2.62. The summed E-state index contributed by atoms with van der Waals surface area (Å²) in [5.41, 5.74) is 1.00. The quantitative estimate of drug-likeness (QED) is 0.342. The van der Waals surface area contributed by atoms with Crippen LogP contribution in [0.25, 0.3) is 0 Å². The molecule has 0 aliphatic heterocycles. The van der Waals surface area contributed by atoms with Crippen molar-refractivity contribution in [3.05, 3.63) is 49.5 Å². The molecule has 0 saturated carbocycles. The number of nitrogens with zero attached hydrogens (tertiary/aromatic N) is 2. The molecule has 2 aromatic rings. The minimum absolute atomic E-state index is 0.325. The van der Waals surface area contributed by atoms with Gasteiger partial charge < -0.3 is 0 Å². The van der Waals surface area contributed by atoms with E-state index in [1.54, 1.807) is 11.8 Å². The highest BCUT2D eigenvalue weighted by molar-refractivity contribution is 14.1. The van der Waals surface area contributed by atoms with E-state index in [0.29, 0.717) is 16.8 Å². The molecule has 0 aliphatic rings. The summed E-state index contributed by atoms with van der Waals surface area (Å²) in [5.74, 6) is 1.72. The summed E-state index contributed by atoms with van der Waals surface area (Å²) >= 11 is 16.1. The van der Waals surface area contributed by atoms with Crippen molar-refractivity contribution in [1.29, 1.82) is 0 Å². The van der Waals surface area contributed by atoms with E-state index < -0.39 is 0 Å². The lowest BCUT2D eigenvalue weighted by atomic mass is 10.1. The third-order valence-corrected chi connectivity index (χ3v) is 5.79. The summed E-state index contributed by atoms with van der Waals surface area (Å²) in [6, 6.07) is 7.76. The Hall–Kier alpha value is -0.0400. The predicted molar refractivity (Wildman–Crippen MR) is 94.9 cm³/mol. The molecule has 0 atom stereocenters. The number of rotatable bonds is 4. The van der Waals surface area contributed by atoms with Crippen LogP contribution in [0.15, 0.2) is 29.2 Å². The molecule has 0 amide bonds. The van der Waals surface area contributed by atoms with E-state index >= 15 is 0 Å². The topological polar surface area (TPSA) is 25.8 Å². The number of aromatic nitrogens is 2. The fraction of sp³-hybridized carbons (Fsp3) is 0.286. The molecule has 0 saturated heterocycles. The van der Waals surface area contributed by atoms with E-state index in [-0.39, 0.29) is 0 Å². The number of benzene rings is 1. The van der Waals surface area contributed by atoms with Crippen LogP contribution in [-0.4, -0.2) is 9.97 Å². The Morgan fingerprint density at radius 2 is 1.90 bits per heavy atom. The molecule has 106 valence electrons. The van der Waals surface area contributed by atoms with Crippen LogP contribution in [0.3, 0.4) is 0 Å². The largest absolute Gasteiger partial charge is 0.236 e. The van der Waals surface area contributed by atoms with E-state index in [9.17, 15) is 0 Å². The Morgan fingerprint density at radius 3 is 2.55 bits per heavy atom.